The second kappa shape index (κ2) is 11.9. The Hall–Kier alpha value is -1.68. The van der Waals surface area contributed by atoms with Gasteiger partial charge in [0.25, 0.3) is 0 Å². The van der Waals surface area contributed by atoms with Gasteiger partial charge in [-0.05, 0) is 69.3 Å². The highest BCUT2D eigenvalue weighted by atomic mass is 16.5. The Bertz CT molecular complexity index is 573. The van der Waals surface area contributed by atoms with Crippen LogP contribution < -0.4 is 0 Å². The highest BCUT2D eigenvalue weighted by Crippen LogP contribution is 2.53. The fourth-order valence-electron chi connectivity index (χ4n) is 3.32. The van der Waals surface area contributed by atoms with Gasteiger partial charge < -0.3 is 9.84 Å². The number of esters is 1. The summed E-state index contributed by atoms with van der Waals surface area (Å²) in [5, 5.41) is 9.67. The zero-order chi connectivity index (χ0) is 20.3. The van der Waals surface area contributed by atoms with Crippen LogP contribution in [0.5, 0.6) is 0 Å². The number of ketones is 1. The number of carbonyl (C=O) groups is 2. The number of hydrogen-bond acceptors (Lipinski definition) is 4. The van der Waals surface area contributed by atoms with Crippen molar-refractivity contribution < 1.29 is 19.4 Å². The summed E-state index contributed by atoms with van der Waals surface area (Å²) in [6.45, 7) is 8.03. The van der Waals surface area contributed by atoms with Crippen LogP contribution in [0, 0.1) is 11.3 Å². The number of Topliss-reactive ketones (excluding diaryl/α,β-unsaturated/α-hetero) is 1. The predicted molar refractivity (Wildman–Crippen MR) is 109 cm³/mol. The van der Waals surface area contributed by atoms with E-state index >= 15 is 0 Å². The molecule has 4 heteroatoms. The number of aliphatic hydroxyl groups excluding tert-OH is 1. The lowest BCUT2D eigenvalue weighted by atomic mass is 9.88. The van der Waals surface area contributed by atoms with Gasteiger partial charge in [0.1, 0.15) is 0 Å². The van der Waals surface area contributed by atoms with Crippen molar-refractivity contribution in [3.05, 3.63) is 35.4 Å². The number of aryl methyl sites for hydroxylation is 1. The quantitative estimate of drug-likeness (QED) is 0.437. The standard InChI is InChI=1S/C21H30O4.C2H6/c1-3-25-20(24)14-21(12-13-21)11-10-18(15-22)5-4-17-6-8-19(9-7-17)16(2)23;1-2/h6-9,18,22H,3-5,10-15H2,1-2H3;1-2H3. The minimum absolute atomic E-state index is 0.0797. The number of hydrogen-bond donors (Lipinski definition) is 1. The van der Waals surface area contributed by atoms with Gasteiger partial charge in [-0.1, -0.05) is 38.1 Å². The van der Waals surface area contributed by atoms with Crippen molar-refractivity contribution in [2.24, 2.45) is 11.3 Å². The number of ether oxygens (including phenoxy) is 1. The number of aliphatic hydroxyl groups is 1. The molecule has 0 heterocycles. The molecule has 1 fully saturated rings. The summed E-state index contributed by atoms with van der Waals surface area (Å²) in [5.74, 6) is 0.245. The maximum atomic E-state index is 11.7. The molecule has 0 aromatic heterocycles. The van der Waals surface area contributed by atoms with Crippen LogP contribution in [-0.2, 0) is 16.0 Å². The molecule has 1 aromatic rings. The van der Waals surface area contributed by atoms with Gasteiger partial charge in [0, 0.05) is 12.2 Å². The zero-order valence-corrected chi connectivity index (χ0v) is 17.4. The molecular formula is C23H36O4. The molecule has 27 heavy (non-hydrogen) atoms. The Morgan fingerprint density at radius 1 is 1.15 bits per heavy atom. The van der Waals surface area contributed by atoms with Gasteiger partial charge >= 0.3 is 5.97 Å². The van der Waals surface area contributed by atoms with Gasteiger partial charge in [0.2, 0.25) is 0 Å². The molecule has 0 spiro atoms. The molecule has 0 saturated heterocycles. The van der Waals surface area contributed by atoms with E-state index in [0.717, 1.165) is 44.1 Å². The van der Waals surface area contributed by atoms with Crippen molar-refractivity contribution in [1.29, 1.82) is 0 Å². The molecule has 1 aliphatic carbocycles. The Kier molecular flexibility index (Phi) is 10.3. The normalized spacial score (nSPS) is 15.3. The van der Waals surface area contributed by atoms with E-state index in [1.165, 1.54) is 5.56 Å². The van der Waals surface area contributed by atoms with E-state index in [-0.39, 0.29) is 29.7 Å². The molecule has 1 atom stereocenters. The molecule has 0 radical (unpaired) electrons. The Balaban J connectivity index is 0.00000176. The second-order valence-electron chi connectivity index (χ2n) is 7.36. The highest BCUT2D eigenvalue weighted by Gasteiger charge is 2.44. The number of rotatable bonds is 11. The van der Waals surface area contributed by atoms with Crippen LogP contribution in [0.4, 0.5) is 0 Å². The Morgan fingerprint density at radius 3 is 2.26 bits per heavy atom. The van der Waals surface area contributed by atoms with E-state index in [4.69, 9.17) is 4.74 Å². The first-order valence-corrected chi connectivity index (χ1v) is 10.3. The fraction of sp³-hybridized carbons (Fsp3) is 0.652. The van der Waals surface area contributed by atoms with Gasteiger partial charge in [-0.15, -0.1) is 0 Å². The van der Waals surface area contributed by atoms with Gasteiger partial charge in [0.05, 0.1) is 13.0 Å². The average molecular weight is 377 g/mol. The molecule has 1 unspecified atom stereocenters. The summed E-state index contributed by atoms with van der Waals surface area (Å²) in [7, 11) is 0. The molecule has 4 nitrogen and oxygen atoms in total. The van der Waals surface area contributed by atoms with Crippen LogP contribution in [0.2, 0.25) is 0 Å². The second-order valence-corrected chi connectivity index (χ2v) is 7.36. The van der Waals surface area contributed by atoms with Gasteiger partial charge in [0.15, 0.2) is 5.78 Å². The topological polar surface area (TPSA) is 63.6 Å². The van der Waals surface area contributed by atoms with Gasteiger partial charge in [-0.25, -0.2) is 0 Å². The molecule has 2 rings (SSSR count). The Morgan fingerprint density at radius 2 is 1.78 bits per heavy atom. The lowest BCUT2D eigenvalue weighted by Gasteiger charge is -2.19. The van der Waals surface area contributed by atoms with Crippen LogP contribution >= 0.6 is 0 Å². The van der Waals surface area contributed by atoms with Gasteiger partial charge in [-0.2, -0.15) is 0 Å². The first-order chi connectivity index (χ1) is 13.0. The molecule has 152 valence electrons. The largest absolute Gasteiger partial charge is 0.466 e. The summed E-state index contributed by atoms with van der Waals surface area (Å²) >= 11 is 0. The summed E-state index contributed by atoms with van der Waals surface area (Å²) in [4.78, 5) is 23.0. The molecule has 1 saturated carbocycles. The molecular weight excluding hydrogens is 340 g/mol. The van der Waals surface area contributed by atoms with Crippen LogP contribution in [0.1, 0.15) is 82.1 Å². The monoisotopic (exact) mass is 376 g/mol. The SMILES string of the molecule is CC.CCOC(=O)CC1(CCC(CO)CCc2ccc(C(C)=O)cc2)CC1. The summed E-state index contributed by atoms with van der Waals surface area (Å²) in [6.07, 6.45) is 6.46. The van der Waals surface area contributed by atoms with Crippen LogP contribution in [-0.4, -0.2) is 30.1 Å². The third-order valence-electron chi connectivity index (χ3n) is 5.32. The first kappa shape index (κ1) is 23.4. The molecule has 1 aliphatic rings. The molecule has 0 aliphatic heterocycles. The minimum atomic E-state index is -0.0916. The molecule has 0 bridgehead atoms. The first-order valence-electron chi connectivity index (χ1n) is 10.3. The zero-order valence-electron chi connectivity index (χ0n) is 17.4. The van der Waals surface area contributed by atoms with E-state index in [0.29, 0.717) is 13.0 Å². The maximum Gasteiger partial charge on any atom is 0.306 e. The lowest BCUT2D eigenvalue weighted by molar-refractivity contribution is -0.144. The van der Waals surface area contributed by atoms with Crippen LogP contribution in [0.25, 0.3) is 0 Å². The van der Waals surface area contributed by atoms with E-state index in [1.54, 1.807) is 6.92 Å². The van der Waals surface area contributed by atoms with E-state index in [1.807, 2.05) is 45.0 Å². The molecule has 0 amide bonds. The lowest BCUT2D eigenvalue weighted by Crippen LogP contribution is -2.15. The molecule has 1 N–H and O–H groups in total. The summed E-state index contributed by atoms with van der Waals surface area (Å²) in [5.41, 5.74) is 2.05. The van der Waals surface area contributed by atoms with Crippen molar-refractivity contribution >= 4 is 11.8 Å². The summed E-state index contributed by atoms with van der Waals surface area (Å²) < 4.78 is 5.07. The minimum Gasteiger partial charge on any atom is -0.466 e. The predicted octanol–water partition coefficient (Wildman–Crippen LogP) is 4.97. The third-order valence-corrected chi connectivity index (χ3v) is 5.32. The van der Waals surface area contributed by atoms with Crippen molar-refractivity contribution in [2.75, 3.05) is 13.2 Å². The summed E-state index contributed by atoms with van der Waals surface area (Å²) in [6, 6.07) is 7.72. The number of benzene rings is 1. The fourth-order valence-corrected chi connectivity index (χ4v) is 3.32. The van der Waals surface area contributed by atoms with Crippen molar-refractivity contribution in [2.45, 2.75) is 72.6 Å². The molecule has 1 aromatic carbocycles. The van der Waals surface area contributed by atoms with Gasteiger partial charge in [-0.3, -0.25) is 9.59 Å². The van der Waals surface area contributed by atoms with Crippen molar-refractivity contribution in [1.82, 2.24) is 0 Å². The third kappa shape index (κ3) is 8.25. The average Bonchev–Trinajstić information content (AvgIpc) is 3.43. The van der Waals surface area contributed by atoms with Crippen molar-refractivity contribution in [3.63, 3.8) is 0 Å². The van der Waals surface area contributed by atoms with Crippen LogP contribution in [0.3, 0.4) is 0 Å². The van der Waals surface area contributed by atoms with E-state index in [2.05, 4.69) is 0 Å². The van der Waals surface area contributed by atoms with E-state index < -0.39 is 0 Å². The smallest absolute Gasteiger partial charge is 0.306 e. The maximum absolute atomic E-state index is 11.7. The van der Waals surface area contributed by atoms with Crippen molar-refractivity contribution in [3.8, 4) is 0 Å². The van der Waals surface area contributed by atoms with E-state index in [9.17, 15) is 14.7 Å². The highest BCUT2D eigenvalue weighted by molar-refractivity contribution is 5.93. The number of carbonyl (C=O) groups excluding carboxylic acids is 2. The Labute approximate surface area is 164 Å². The van der Waals surface area contributed by atoms with Crippen LogP contribution in [0.15, 0.2) is 24.3 Å².